The predicted molar refractivity (Wildman–Crippen MR) is 224 cm³/mol. The van der Waals surface area contributed by atoms with Crippen molar-refractivity contribution in [2.24, 2.45) is 22.3 Å². The van der Waals surface area contributed by atoms with Crippen LogP contribution in [0.15, 0.2) is 131 Å². The molecular weight excluding hydrogens is 753 g/mol. The van der Waals surface area contributed by atoms with Gasteiger partial charge in [0.15, 0.2) is 10.8 Å². The molecule has 0 bridgehead atoms. The Bertz CT molecular complexity index is 2510. The van der Waals surface area contributed by atoms with Crippen LogP contribution < -0.4 is 30.4 Å². The van der Waals surface area contributed by atoms with Crippen LogP contribution in [0.25, 0.3) is 11.1 Å². The molecule has 0 fully saturated rings. The molecule has 0 aromatic heterocycles. The maximum absolute atomic E-state index is 10.1. The van der Waals surface area contributed by atoms with E-state index in [1.165, 1.54) is 28.4 Å². The smallest absolute Gasteiger partial charge is 0.194 e. The standard InChI is InChI=1S/2C24H20N4O2/c2*1-15-21(16-7-5-4-6-8-16)19(12-25)23(28)24(13-26,14-27)22(15)18-11-17(29-2)9-10-20(18)30-3/h2*4-11,22H,28H2,1-3H3/t2*22-/m11/s1. The summed E-state index contributed by atoms with van der Waals surface area (Å²) in [5, 5.41) is 60.3. The SMILES string of the molecule is COc1ccc(OC)c([C@H]2C(C)=C(c3ccccc3)C(C#N)=C(N)C2(C#N)C#N)c1.COc1ccc(OC)c([C@H]2C(C)=C(c3ccccc3)C(C#N)=C(N)C2(C#N)C#N)c1. The Labute approximate surface area is 349 Å². The van der Waals surface area contributed by atoms with E-state index in [0.29, 0.717) is 56.4 Å². The van der Waals surface area contributed by atoms with E-state index in [1.807, 2.05) is 74.5 Å². The van der Waals surface area contributed by atoms with Crippen LogP contribution in [0, 0.1) is 78.8 Å². The van der Waals surface area contributed by atoms with Gasteiger partial charge >= 0.3 is 0 Å². The molecule has 12 nitrogen and oxygen atoms in total. The van der Waals surface area contributed by atoms with Gasteiger partial charge in [-0.3, -0.25) is 0 Å². The second kappa shape index (κ2) is 17.8. The number of benzene rings is 4. The fourth-order valence-corrected chi connectivity index (χ4v) is 8.11. The Morgan fingerprint density at radius 1 is 0.483 bits per heavy atom. The molecule has 296 valence electrons. The van der Waals surface area contributed by atoms with E-state index in [9.17, 15) is 31.6 Å². The summed E-state index contributed by atoms with van der Waals surface area (Å²) in [6.07, 6.45) is 0. The molecule has 2 aliphatic carbocycles. The molecule has 4 aromatic carbocycles. The summed E-state index contributed by atoms with van der Waals surface area (Å²) in [6.45, 7) is 3.64. The third-order valence-corrected chi connectivity index (χ3v) is 11.0. The number of nitrogens with two attached hydrogens (primary N) is 2. The zero-order chi connectivity index (χ0) is 43.8. The summed E-state index contributed by atoms with van der Waals surface area (Å²) in [6, 6.07) is 41.7. The number of hydrogen-bond acceptors (Lipinski definition) is 12. The predicted octanol–water partition coefficient (Wildman–Crippen LogP) is 8.09. The molecule has 0 aliphatic heterocycles. The summed E-state index contributed by atoms with van der Waals surface area (Å²) < 4.78 is 21.8. The molecule has 0 spiro atoms. The van der Waals surface area contributed by atoms with Crippen LogP contribution in [-0.4, -0.2) is 28.4 Å². The van der Waals surface area contributed by atoms with Crippen LogP contribution in [0.3, 0.4) is 0 Å². The number of methoxy groups -OCH3 is 4. The quantitative estimate of drug-likeness (QED) is 0.172. The van der Waals surface area contributed by atoms with E-state index in [2.05, 4.69) is 36.4 Å². The monoisotopic (exact) mass is 792 g/mol. The molecule has 0 unspecified atom stereocenters. The number of hydrogen-bond donors (Lipinski definition) is 2. The number of nitriles is 6. The van der Waals surface area contributed by atoms with Gasteiger partial charge in [0.2, 0.25) is 0 Å². The Morgan fingerprint density at radius 2 is 0.817 bits per heavy atom. The second-order valence-corrected chi connectivity index (χ2v) is 13.8. The molecule has 2 atom stereocenters. The van der Waals surface area contributed by atoms with Gasteiger partial charge in [-0.2, -0.15) is 31.6 Å². The van der Waals surface area contributed by atoms with Crippen LogP contribution >= 0.6 is 0 Å². The van der Waals surface area contributed by atoms with Crippen molar-refractivity contribution in [3.8, 4) is 59.4 Å². The molecule has 4 N–H and O–H groups in total. The second-order valence-electron chi connectivity index (χ2n) is 13.8. The van der Waals surface area contributed by atoms with E-state index in [0.717, 1.165) is 11.1 Å². The first-order valence-corrected chi connectivity index (χ1v) is 18.4. The van der Waals surface area contributed by atoms with Crippen molar-refractivity contribution in [3.63, 3.8) is 0 Å². The van der Waals surface area contributed by atoms with Gasteiger partial charge in [0.25, 0.3) is 0 Å². The number of nitrogens with zero attached hydrogens (tertiary/aromatic N) is 6. The van der Waals surface area contributed by atoms with Crippen molar-refractivity contribution in [2.75, 3.05) is 28.4 Å². The maximum atomic E-state index is 10.1. The minimum atomic E-state index is -1.77. The molecule has 4 aromatic rings. The molecule has 0 radical (unpaired) electrons. The summed E-state index contributed by atoms with van der Waals surface area (Å²) in [5.74, 6) is 0.581. The largest absolute Gasteiger partial charge is 0.497 e. The van der Waals surface area contributed by atoms with Crippen LogP contribution in [0.1, 0.15) is 47.9 Å². The first-order valence-electron chi connectivity index (χ1n) is 18.4. The maximum Gasteiger partial charge on any atom is 0.194 e. The summed E-state index contributed by atoms with van der Waals surface area (Å²) in [5.41, 5.74) is 14.7. The third-order valence-electron chi connectivity index (χ3n) is 11.0. The van der Waals surface area contributed by atoms with E-state index < -0.39 is 22.7 Å². The molecule has 6 rings (SSSR count). The molecule has 0 amide bonds. The highest BCUT2D eigenvalue weighted by molar-refractivity contribution is 5.90. The fraction of sp³-hybridized carbons (Fsp3) is 0.208. The first kappa shape index (κ1) is 42.7. The molecule has 60 heavy (non-hydrogen) atoms. The van der Waals surface area contributed by atoms with Crippen LogP contribution in [0.4, 0.5) is 0 Å². The van der Waals surface area contributed by atoms with Crippen LogP contribution in [0.5, 0.6) is 23.0 Å². The van der Waals surface area contributed by atoms with Crippen molar-refractivity contribution in [1.29, 1.82) is 31.6 Å². The normalized spacial score (nSPS) is 17.5. The van der Waals surface area contributed by atoms with Gasteiger partial charge in [0.05, 0.1) is 75.3 Å². The zero-order valence-corrected chi connectivity index (χ0v) is 33.9. The lowest BCUT2D eigenvalue weighted by Crippen LogP contribution is -2.37. The fourth-order valence-electron chi connectivity index (χ4n) is 8.11. The summed E-state index contributed by atoms with van der Waals surface area (Å²) in [7, 11) is 6.11. The van der Waals surface area contributed by atoms with E-state index in [1.54, 1.807) is 36.4 Å². The van der Waals surface area contributed by atoms with Gasteiger partial charge in [-0.25, -0.2) is 0 Å². The van der Waals surface area contributed by atoms with Crippen LogP contribution in [-0.2, 0) is 0 Å². The van der Waals surface area contributed by atoms with Crippen LogP contribution in [0.2, 0.25) is 0 Å². The minimum Gasteiger partial charge on any atom is -0.497 e. The van der Waals surface area contributed by atoms with Crippen molar-refractivity contribution in [2.45, 2.75) is 25.7 Å². The number of ether oxygens (including phenoxy) is 4. The zero-order valence-electron chi connectivity index (χ0n) is 33.9. The molecule has 0 heterocycles. The summed E-state index contributed by atoms with van der Waals surface area (Å²) >= 11 is 0. The highest BCUT2D eigenvalue weighted by Gasteiger charge is 2.52. The Hall–Kier alpha value is -8.42. The first-order chi connectivity index (χ1) is 29.0. The lowest BCUT2D eigenvalue weighted by Gasteiger charge is -2.37. The topological polar surface area (TPSA) is 232 Å². The summed E-state index contributed by atoms with van der Waals surface area (Å²) in [4.78, 5) is 0. The van der Waals surface area contributed by atoms with Gasteiger partial charge < -0.3 is 30.4 Å². The Morgan fingerprint density at radius 3 is 1.08 bits per heavy atom. The number of rotatable bonds is 8. The molecular formula is C48H40N8O4. The van der Waals surface area contributed by atoms with E-state index in [-0.39, 0.29) is 22.5 Å². The van der Waals surface area contributed by atoms with Gasteiger partial charge in [-0.1, -0.05) is 71.8 Å². The number of allylic oxidation sites excluding steroid dienone is 8. The highest BCUT2D eigenvalue weighted by atomic mass is 16.5. The highest BCUT2D eigenvalue weighted by Crippen LogP contribution is 2.56. The molecule has 12 heteroatoms. The van der Waals surface area contributed by atoms with Gasteiger partial charge in [-0.15, -0.1) is 0 Å². The van der Waals surface area contributed by atoms with E-state index in [4.69, 9.17) is 30.4 Å². The van der Waals surface area contributed by atoms with Crippen molar-refractivity contribution in [3.05, 3.63) is 153 Å². The third kappa shape index (κ3) is 6.97. The Balaban J connectivity index is 0.000000228. The van der Waals surface area contributed by atoms with Gasteiger partial charge in [-0.05, 0) is 61.4 Å². The molecule has 0 saturated heterocycles. The molecule has 2 aliphatic rings. The minimum absolute atomic E-state index is 0.0608. The van der Waals surface area contributed by atoms with Crippen molar-refractivity contribution < 1.29 is 18.9 Å². The van der Waals surface area contributed by atoms with Gasteiger partial charge in [0, 0.05) is 34.1 Å². The van der Waals surface area contributed by atoms with Crippen molar-refractivity contribution >= 4 is 11.1 Å². The average Bonchev–Trinajstić information content (AvgIpc) is 3.30. The van der Waals surface area contributed by atoms with Crippen molar-refractivity contribution in [1.82, 2.24) is 0 Å². The lowest BCUT2D eigenvalue weighted by molar-refractivity contribution is 0.388. The van der Waals surface area contributed by atoms with E-state index >= 15 is 0 Å². The lowest BCUT2D eigenvalue weighted by atomic mass is 9.62. The average molecular weight is 793 g/mol. The Kier molecular flexibility index (Phi) is 12.7. The van der Waals surface area contributed by atoms with Gasteiger partial charge in [0.1, 0.15) is 35.1 Å². The molecule has 0 saturated carbocycles.